The van der Waals surface area contributed by atoms with E-state index in [0.29, 0.717) is 37.7 Å². The molecular formula is C20H22BrN3O4S. The second kappa shape index (κ2) is 8.04. The highest BCUT2D eigenvalue weighted by Gasteiger charge is 2.35. The van der Waals surface area contributed by atoms with Crippen LogP contribution in [0.4, 0.5) is 0 Å². The fraction of sp³-hybridized carbons (Fsp3) is 0.400. The number of hydrogen-bond acceptors (Lipinski definition) is 5. The van der Waals surface area contributed by atoms with Crippen LogP contribution in [0.15, 0.2) is 57.1 Å². The highest BCUT2D eigenvalue weighted by Crippen LogP contribution is 2.35. The van der Waals surface area contributed by atoms with Crippen molar-refractivity contribution in [3.05, 3.63) is 58.2 Å². The Kier molecular flexibility index (Phi) is 5.63. The van der Waals surface area contributed by atoms with Crippen molar-refractivity contribution in [1.82, 2.24) is 10.2 Å². The van der Waals surface area contributed by atoms with Crippen molar-refractivity contribution in [3.8, 4) is 0 Å². The van der Waals surface area contributed by atoms with E-state index < -0.39 is 10.0 Å². The third-order valence-electron chi connectivity index (χ3n) is 5.56. The number of nitrogens with zero attached hydrogens (tertiary/aromatic N) is 2. The normalized spacial score (nSPS) is 22.3. The summed E-state index contributed by atoms with van der Waals surface area (Å²) in [6.07, 6.45) is 6.52. The minimum absolute atomic E-state index is 0.0538. The van der Waals surface area contributed by atoms with Gasteiger partial charge in [-0.1, -0.05) is 28.1 Å². The molecule has 154 valence electrons. The molecule has 1 N–H and O–H groups in total. The molecular weight excluding hydrogens is 458 g/mol. The van der Waals surface area contributed by atoms with Gasteiger partial charge < -0.3 is 15.0 Å². The molecule has 1 fully saturated rings. The van der Waals surface area contributed by atoms with Gasteiger partial charge in [0.15, 0.2) is 0 Å². The average molecular weight is 480 g/mol. The van der Waals surface area contributed by atoms with Crippen LogP contribution in [0.3, 0.4) is 0 Å². The molecule has 3 aliphatic rings. The lowest BCUT2D eigenvalue weighted by Crippen LogP contribution is -2.45. The van der Waals surface area contributed by atoms with E-state index in [1.165, 1.54) is 5.56 Å². The molecule has 0 saturated carbocycles. The van der Waals surface area contributed by atoms with E-state index in [2.05, 4.69) is 37.8 Å². The van der Waals surface area contributed by atoms with Gasteiger partial charge in [0.25, 0.3) is 15.9 Å². The highest BCUT2D eigenvalue weighted by molar-refractivity contribution is 9.10. The Morgan fingerprint density at radius 3 is 2.83 bits per heavy atom. The summed E-state index contributed by atoms with van der Waals surface area (Å²) < 4.78 is 33.6. The first kappa shape index (κ1) is 20.3. The molecule has 9 heteroatoms. The lowest BCUT2D eigenvalue weighted by Gasteiger charge is -2.38. The quantitative estimate of drug-likeness (QED) is 0.714. The number of sulfonamides is 1. The summed E-state index contributed by atoms with van der Waals surface area (Å²) in [6, 6.07) is 8.20. The van der Waals surface area contributed by atoms with Gasteiger partial charge in [0, 0.05) is 42.4 Å². The number of benzene rings is 1. The fourth-order valence-electron chi connectivity index (χ4n) is 3.83. The number of carbonyl (C=O) groups is 1. The van der Waals surface area contributed by atoms with Crippen LogP contribution in [0.1, 0.15) is 18.4 Å². The van der Waals surface area contributed by atoms with Crippen LogP contribution < -0.4 is 5.32 Å². The van der Waals surface area contributed by atoms with Crippen molar-refractivity contribution in [3.63, 3.8) is 0 Å². The van der Waals surface area contributed by atoms with E-state index in [-0.39, 0.29) is 17.1 Å². The Bertz CT molecular complexity index is 1010. The van der Waals surface area contributed by atoms with Crippen LogP contribution in [0.5, 0.6) is 0 Å². The predicted molar refractivity (Wildman–Crippen MR) is 114 cm³/mol. The lowest BCUT2D eigenvalue weighted by molar-refractivity contribution is -0.117. The molecule has 0 atom stereocenters. The first-order chi connectivity index (χ1) is 13.9. The second-order valence-electron chi connectivity index (χ2n) is 7.43. The molecule has 1 aromatic rings. The summed E-state index contributed by atoms with van der Waals surface area (Å²) in [5, 5.41) is 3.08. The molecule has 0 radical (unpaired) electrons. The van der Waals surface area contributed by atoms with Gasteiger partial charge in [-0.05, 0) is 42.7 Å². The van der Waals surface area contributed by atoms with Gasteiger partial charge >= 0.3 is 0 Å². The zero-order chi connectivity index (χ0) is 20.5. The summed E-state index contributed by atoms with van der Waals surface area (Å²) >= 11 is 3.54. The van der Waals surface area contributed by atoms with Crippen LogP contribution in [0.2, 0.25) is 0 Å². The van der Waals surface area contributed by atoms with E-state index in [1.807, 2.05) is 12.1 Å². The number of rotatable bonds is 4. The zero-order valence-electron chi connectivity index (χ0n) is 15.8. The summed E-state index contributed by atoms with van der Waals surface area (Å²) in [4.78, 5) is 14.5. The molecule has 29 heavy (non-hydrogen) atoms. The first-order valence-corrected chi connectivity index (χ1v) is 11.9. The van der Waals surface area contributed by atoms with Gasteiger partial charge in [-0.3, -0.25) is 4.79 Å². The summed E-state index contributed by atoms with van der Waals surface area (Å²) in [6.45, 7) is 2.12. The van der Waals surface area contributed by atoms with Gasteiger partial charge in [-0.2, -0.15) is 0 Å². The largest absolute Gasteiger partial charge is 0.381 e. The van der Waals surface area contributed by atoms with Crippen molar-refractivity contribution in [2.24, 2.45) is 4.40 Å². The van der Waals surface area contributed by atoms with Gasteiger partial charge in [0.05, 0.1) is 11.3 Å². The minimum Gasteiger partial charge on any atom is -0.381 e. The maximum Gasteiger partial charge on any atom is 0.256 e. The molecule has 0 bridgehead atoms. The van der Waals surface area contributed by atoms with Gasteiger partial charge in [-0.25, -0.2) is 8.42 Å². The Morgan fingerprint density at radius 2 is 2.07 bits per heavy atom. The molecule has 3 aliphatic heterocycles. The molecule has 0 aromatic heterocycles. The Hall–Kier alpha value is -1.97. The number of amides is 1. The van der Waals surface area contributed by atoms with Crippen molar-refractivity contribution in [2.45, 2.75) is 18.3 Å². The van der Waals surface area contributed by atoms with Crippen LogP contribution in [-0.4, -0.2) is 57.1 Å². The molecule has 0 spiro atoms. The number of ether oxygens (including phenoxy) is 1. The number of halogens is 1. The Labute approximate surface area is 178 Å². The predicted octanol–water partition coefficient (Wildman–Crippen LogP) is 2.11. The SMILES string of the molecule is O=C(NCC1(c2cccc(Br)c2)CCOCC1)C1=CN2CCS(=O)(=O)N=C2C=C1. The smallest absolute Gasteiger partial charge is 0.256 e. The first-order valence-electron chi connectivity index (χ1n) is 9.48. The fourth-order valence-corrected chi connectivity index (χ4v) is 5.20. The molecule has 1 saturated heterocycles. The van der Waals surface area contributed by atoms with E-state index in [9.17, 15) is 13.2 Å². The zero-order valence-corrected chi connectivity index (χ0v) is 18.2. The number of hydrogen-bond donors (Lipinski definition) is 1. The third kappa shape index (κ3) is 4.46. The average Bonchev–Trinajstić information content (AvgIpc) is 2.72. The van der Waals surface area contributed by atoms with E-state index in [4.69, 9.17) is 4.74 Å². The molecule has 1 aromatic carbocycles. The number of nitrogens with one attached hydrogen (secondary N) is 1. The van der Waals surface area contributed by atoms with E-state index in [1.54, 1.807) is 23.3 Å². The van der Waals surface area contributed by atoms with Crippen molar-refractivity contribution < 1.29 is 17.9 Å². The van der Waals surface area contributed by atoms with Crippen molar-refractivity contribution >= 4 is 37.7 Å². The maximum atomic E-state index is 12.8. The number of amidine groups is 1. The van der Waals surface area contributed by atoms with E-state index in [0.717, 1.165) is 17.3 Å². The van der Waals surface area contributed by atoms with Crippen LogP contribution >= 0.6 is 15.9 Å². The Morgan fingerprint density at radius 1 is 1.28 bits per heavy atom. The molecule has 0 unspecified atom stereocenters. The van der Waals surface area contributed by atoms with Gasteiger partial charge in [0.1, 0.15) is 5.84 Å². The number of carbonyl (C=O) groups excluding carboxylic acids is 1. The monoisotopic (exact) mass is 479 g/mol. The summed E-state index contributed by atoms with van der Waals surface area (Å²) in [7, 11) is -3.41. The van der Waals surface area contributed by atoms with E-state index >= 15 is 0 Å². The van der Waals surface area contributed by atoms with Crippen LogP contribution in [0, 0.1) is 0 Å². The Balaban J connectivity index is 1.49. The summed E-state index contributed by atoms with van der Waals surface area (Å²) in [5.74, 6) is 0.110. The second-order valence-corrected chi connectivity index (χ2v) is 10.1. The molecule has 1 amide bonds. The van der Waals surface area contributed by atoms with Crippen molar-refractivity contribution in [1.29, 1.82) is 0 Å². The maximum absolute atomic E-state index is 12.8. The topological polar surface area (TPSA) is 88.1 Å². The standard InChI is InChI=1S/C20H22BrN3O4S/c21-17-3-1-2-16(12-17)20(6-9-28-10-7-20)14-22-19(25)15-4-5-18-23-29(26,27)11-8-24(18)13-15/h1-5,12-13H,6-11,14H2,(H,22,25). The third-order valence-corrected chi connectivity index (χ3v) is 7.22. The van der Waals surface area contributed by atoms with Gasteiger partial charge in [-0.15, -0.1) is 4.40 Å². The summed E-state index contributed by atoms with van der Waals surface area (Å²) in [5.41, 5.74) is 1.49. The highest BCUT2D eigenvalue weighted by atomic mass is 79.9. The van der Waals surface area contributed by atoms with Gasteiger partial charge in [0.2, 0.25) is 0 Å². The molecule has 7 nitrogen and oxygen atoms in total. The van der Waals surface area contributed by atoms with Crippen LogP contribution in [0.25, 0.3) is 0 Å². The van der Waals surface area contributed by atoms with Crippen molar-refractivity contribution in [2.75, 3.05) is 32.1 Å². The molecule has 4 rings (SSSR count). The molecule has 0 aliphatic carbocycles. The van der Waals surface area contributed by atoms with Crippen LogP contribution in [-0.2, 0) is 25.0 Å². The number of fused-ring (bicyclic) bond motifs is 1. The lowest BCUT2D eigenvalue weighted by atomic mass is 9.74. The molecule has 3 heterocycles. The minimum atomic E-state index is -3.41.